The first-order valence-corrected chi connectivity index (χ1v) is 8.95. The average molecular weight is 344 g/mol. The number of benzene rings is 1. The molecule has 0 bridgehead atoms. The molecule has 0 saturated heterocycles. The van der Waals surface area contributed by atoms with Crippen molar-refractivity contribution < 1.29 is 4.79 Å². The van der Waals surface area contributed by atoms with Crippen molar-refractivity contribution >= 4 is 29.2 Å². The molecule has 1 aromatic heterocycles. The van der Waals surface area contributed by atoms with Crippen molar-refractivity contribution in [2.24, 2.45) is 5.10 Å². The van der Waals surface area contributed by atoms with Crippen LogP contribution < -0.4 is 11.3 Å². The summed E-state index contributed by atoms with van der Waals surface area (Å²) in [6.07, 6.45) is 5.65. The third-order valence-corrected chi connectivity index (χ3v) is 4.78. The molecular formula is C16H20N6OS. The number of hydrogen-bond donors (Lipinski definition) is 2. The number of hydrazone groups is 1. The maximum absolute atomic E-state index is 12.1. The fourth-order valence-electron chi connectivity index (χ4n) is 2.49. The van der Waals surface area contributed by atoms with Crippen molar-refractivity contribution in [2.45, 2.75) is 37.3 Å². The number of carbonyl (C=O) groups is 1. The maximum atomic E-state index is 12.1. The summed E-state index contributed by atoms with van der Waals surface area (Å²) in [4.78, 5) is 12.1. The number of nitrogen functional groups attached to an aromatic ring is 1. The Morgan fingerprint density at radius 3 is 2.71 bits per heavy atom. The number of thioether (sulfide) groups is 1. The first-order chi connectivity index (χ1) is 11.7. The highest BCUT2D eigenvalue weighted by molar-refractivity contribution is 7.99. The van der Waals surface area contributed by atoms with Crippen LogP contribution in [0.15, 0.2) is 40.6 Å². The number of Topliss-reactive ketones (excluding diaryl/α,β-unsaturated/α-hetero) is 1. The van der Waals surface area contributed by atoms with Crippen LogP contribution in [-0.2, 0) is 0 Å². The molecular weight excluding hydrogens is 324 g/mol. The monoisotopic (exact) mass is 344 g/mol. The summed E-state index contributed by atoms with van der Waals surface area (Å²) in [5.74, 6) is 6.64. The zero-order chi connectivity index (χ0) is 16.8. The zero-order valence-electron chi connectivity index (χ0n) is 13.3. The molecule has 1 aromatic carbocycles. The second-order valence-corrected chi connectivity index (χ2v) is 6.55. The Kier molecular flexibility index (Phi) is 5.47. The molecule has 0 unspecified atom stereocenters. The van der Waals surface area contributed by atoms with Gasteiger partial charge in [-0.15, -0.1) is 10.2 Å². The first-order valence-electron chi connectivity index (χ1n) is 7.97. The molecule has 1 aliphatic rings. The largest absolute Gasteiger partial charge is 0.334 e. The summed E-state index contributed by atoms with van der Waals surface area (Å²) in [5.41, 5.74) is 4.69. The number of carbonyl (C=O) groups excluding carboxylic acids is 1. The standard InChI is InChI=1S/C16H20N6OS/c17-22-15(19-18-13-9-5-2-6-10-13)20-21-16(22)24-11-14(23)12-7-3-1-4-8-12/h1,3-4,7-8H,2,5-6,9-11,17H2,(H,19,20). The van der Waals surface area contributed by atoms with Gasteiger partial charge in [-0.05, 0) is 25.7 Å². The Morgan fingerprint density at radius 1 is 1.21 bits per heavy atom. The van der Waals surface area contributed by atoms with Crippen molar-refractivity contribution in [2.75, 3.05) is 17.0 Å². The topological polar surface area (TPSA) is 98.2 Å². The molecule has 7 nitrogen and oxygen atoms in total. The van der Waals surface area contributed by atoms with Crippen LogP contribution in [0, 0.1) is 0 Å². The Morgan fingerprint density at radius 2 is 1.96 bits per heavy atom. The van der Waals surface area contributed by atoms with E-state index in [1.807, 2.05) is 18.2 Å². The summed E-state index contributed by atoms with van der Waals surface area (Å²) in [6.45, 7) is 0. The number of anilines is 1. The second-order valence-electron chi connectivity index (χ2n) is 5.60. The summed E-state index contributed by atoms with van der Waals surface area (Å²) >= 11 is 1.26. The Bertz CT molecular complexity index is 719. The average Bonchev–Trinajstić information content (AvgIpc) is 2.99. The van der Waals surface area contributed by atoms with E-state index in [1.165, 1.54) is 35.7 Å². The second kappa shape index (κ2) is 7.96. The lowest BCUT2D eigenvalue weighted by Crippen LogP contribution is -2.15. The molecule has 3 rings (SSSR count). The van der Waals surface area contributed by atoms with Crippen molar-refractivity contribution in [3.63, 3.8) is 0 Å². The number of nitrogens with one attached hydrogen (secondary N) is 1. The predicted molar refractivity (Wildman–Crippen MR) is 95.8 cm³/mol. The van der Waals surface area contributed by atoms with Crippen LogP contribution in [0.2, 0.25) is 0 Å². The first kappa shape index (κ1) is 16.5. The summed E-state index contributed by atoms with van der Waals surface area (Å²) in [6, 6.07) is 9.16. The molecule has 126 valence electrons. The SMILES string of the molecule is Nn1c(NN=C2CCCCC2)nnc1SCC(=O)c1ccccc1. The minimum absolute atomic E-state index is 0.0283. The Hall–Kier alpha value is -2.35. The number of ketones is 1. The molecule has 0 atom stereocenters. The number of aromatic nitrogens is 3. The fourth-order valence-corrected chi connectivity index (χ4v) is 3.24. The van der Waals surface area contributed by atoms with Gasteiger partial charge >= 0.3 is 0 Å². The third-order valence-electron chi connectivity index (χ3n) is 3.84. The van der Waals surface area contributed by atoms with E-state index in [9.17, 15) is 4.79 Å². The molecule has 1 aliphatic carbocycles. The van der Waals surface area contributed by atoms with Crippen LogP contribution in [0.3, 0.4) is 0 Å². The molecule has 8 heteroatoms. The van der Waals surface area contributed by atoms with E-state index < -0.39 is 0 Å². The van der Waals surface area contributed by atoms with Gasteiger partial charge in [0.15, 0.2) is 5.78 Å². The maximum Gasteiger partial charge on any atom is 0.264 e. The molecule has 1 heterocycles. The van der Waals surface area contributed by atoms with Gasteiger partial charge < -0.3 is 5.84 Å². The van der Waals surface area contributed by atoms with E-state index in [0.29, 0.717) is 16.7 Å². The van der Waals surface area contributed by atoms with Crippen LogP contribution in [-0.4, -0.2) is 32.1 Å². The normalized spacial score (nSPS) is 14.4. The fraction of sp³-hybridized carbons (Fsp3) is 0.375. The molecule has 0 amide bonds. The van der Waals surface area contributed by atoms with Gasteiger partial charge in [0.05, 0.1) is 5.75 Å². The smallest absolute Gasteiger partial charge is 0.264 e. The highest BCUT2D eigenvalue weighted by Crippen LogP contribution is 2.19. The third kappa shape index (κ3) is 4.14. The predicted octanol–water partition coefficient (Wildman–Crippen LogP) is 2.70. The van der Waals surface area contributed by atoms with Gasteiger partial charge in [0, 0.05) is 11.3 Å². The van der Waals surface area contributed by atoms with E-state index in [2.05, 4.69) is 20.7 Å². The van der Waals surface area contributed by atoms with Crippen LogP contribution in [0.4, 0.5) is 5.95 Å². The van der Waals surface area contributed by atoms with Crippen LogP contribution in [0.25, 0.3) is 0 Å². The van der Waals surface area contributed by atoms with Gasteiger partial charge in [0.25, 0.3) is 5.95 Å². The minimum Gasteiger partial charge on any atom is -0.334 e. The van der Waals surface area contributed by atoms with Crippen molar-refractivity contribution in [3.05, 3.63) is 35.9 Å². The molecule has 2 aromatic rings. The van der Waals surface area contributed by atoms with Gasteiger partial charge in [-0.1, -0.05) is 48.5 Å². The molecule has 3 N–H and O–H groups in total. The quantitative estimate of drug-likeness (QED) is 0.362. The Labute approximate surface area is 144 Å². The van der Waals surface area contributed by atoms with Crippen LogP contribution >= 0.6 is 11.8 Å². The lowest BCUT2D eigenvalue weighted by atomic mass is 9.99. The van der Waals surface area contributed by atoms with E-state index in [0.717, 1.165) is 18.6 Å². The molecule has 0 radical (unpaired) electrons. The minimum atomic E-state index is 0.0283. The van der Waals surface area contributed by atoms with Gasteiger partial charge in [0.2, 0.25) is 5.16 Å². The van der Waals surface area contributed by atoms with Crippen LogP contribution in [0.1, 0.15) is 42.5 Å². The Balaban J connectivity index is 1.57. The molecule has 0 aliphatic heterocycles. The molecule has 1 saturated carbocycles. The van der Waals surface area contributed by atoms with Crippen molar-refractivity contribution in [1.29, 1.82) is 0 Å². The van der Waals surface area contributed by atoms with Gasteiger partial charge in [-0.3, -0.25) is 4.79 Å². The number of nitrogens with zero attached hydrogens (tertiary/aromatic N) is 4. The van der Waals surface area contributed by atoms with E-state index in [1.54, 1.807) is 12.1 Å². The van der Waals surface area contributed by atoms with E-state index in [4.69, 9.17) is 5.84 Å². The number of rotatable bonds is 6. The summed E-state index contributed by atoms with van der Waals surface area (Å²) in [5, 5.41) is 12.8. The van der Waals surface area contributed by atoms with E-state index in [-0.39, 0.29) is 11.5 Å². The number of hydrogen-bond acceptors (Lipinski definition) is 7. The highest BCUT2D eigenvalue weighted by atomic mass is 32.2. The zero-order valence-corrected chi connectivity index (χ0v) is 14.1. The van der Waals surface area contributed by atoms with Gasteiger partial charge in [0.1, 0.15) is 0 Å². The molecule has 1 fully saturated rings. The van der Waals surface area contributed by atoms with Crippen molar-refractivity contribution in [3.8, 4) is 0 Å². The van der Waals surface area contributed by atoms with Gasteiger partial charge in [-0.25, -0.2) is 10.1 Å². The lowest BCUT2D eigenvalue weighted by molar-refractivity contribution is 0.102. The molecule has 24 heavy (non-hydrogen) atoms. The summed E-state index contributed by atoms with van der Waals surface area (Å²) in [7, 11) is 0. The number of nitrogens with two attached hydrogens (primary N) is 1. The lowest BCUT2D eigenvalue weighted by Gasteiger charge is -2.12. The van der Waals surface area contributed by atoms with Gasteiger partial charge in [-0.2, -0.15) is 5.10 Å². The highest BCUT2D eigenvalue weighted by Gasteiger charge is 2.13. The van der Waals surface area contributed by atoms with Crippen molar-refractivity contribution in [1.82, 2.24) is 14.9 Å². The summed E-state index contributed by atoms with van der Waals surface area (Å²) < 4.78 is 1.33. The van der Waals surface area contributed by atoms with Crippen LogP contribution in [0.5, 0.6) is 0 Å². The van der Waals surface area contributed by atoms with E-state index >= 15 is 0 Å². The molecule has 0 spiro atoms.